The number of likely N-dealkylation sites (tertiary alicyclic amines) is 1. The summed E-state index contributed by atoms with van der Waals surface area (Å²) >= 11 is 17.8. The first-order valence-electron chi connectivity index (χ1n) is 6.36. The highest BCUT2D eigenvalue weighted by Gasteiger charge is 2.23. The van der Waals surface area contributed by atoms with Crippen LogP contribution in [0.3, 0.4) is 0 Å². The Morgan fingerprint density at radius 1 is 1.30 bits per heavy atom. The van der Waals surface area contributed by atoms with Crippen molar-refractivity contribution >= 4 is 46.4 Å². The van der Waals surface area contributed by atoms with Crippen molar-refractivity contribution in [3.05, 3.63) is 27.2 Å². The van der Waals surface area contributed by atoms with E-state index in [0.29, 0.717) is 39.8 Å². The van der Waals surface area contributed by atoms with E-state index in [9.17, 15) is 4.79 Å². The summed E-state index contributed by atoms with van der Waals surface area (Å²) in [5, 5.41) is 3.84. The lowest BCUT2D eigenvalue weighted by Gasteiger charge is -2.16. The van der Waals surface area contributed by atoms with E-state index in [4.69, 9.17) is 40.5 Å². The van der Waals surface area contributed by atoms with E-state index in [1.54, 1.807) is 6.07 Å². The second-order valence-corrected chi connectivity index (χ2v) is 6.14. The number of hydrogen-bond acceptors (Lipinski definition) is 3. The topological polar surface area (TPSA) is 58.4 Å². The number of carbonyl (C=O) groups is 1. The second kappa shape index (κ2) is 6.96. The van der Waals surface area contributed by atoms with Gasteiger partial charge in [-0.3, -0.25) is 9.69 Å². The molecule has 0 aliphatic carbocycles. The Hall–Kier alpha value is -0.520. The average Bonchev–Trinajstić information content (AvgIpc) is 2.83. The van der Waals surface area contributed by atoms with Gasteiger partial charge in [-0.05, 0) is 37.6 Å². The van der Waals surface area contributed by atoms with E-state index in [-0.39, 0.29) is 5.91 Å². The highest BCUT2D eigenvalue weighted by Crippen LogP contribution is 2.32. The molecule has 7 heteroatoms. The van der Waals surface area contributed by atoms with Gasteiger partial charge < -0.3 is 11.1 Å². The number of halogens is 3. The Labute approximate surface area is 133 Å². The highest BCUT2D eigenvalue weighted by atomic mass is 35.5. The maximum Gasteiger partial charge on any atom is 0.238 e. The Balaban J connectivity index is 1.93. The van der Waals surface area contributed by atoms with Crippen molar-refractivity contribution in [3.63, 3.8) is 0 Å². The summed E-state index contributed by atoms with van der Waals surface area (Å²) < 4.78 is 0. The van der Waals surface area contributed by atoms with Gasteiger partial charge in [0.2, 0.25) is 5.91 Å². The molecule has 0 radical (unpaired) electrons. The third kappa shape index (κ3) is 3.99. The predicted molar refractivity (Wildman–Crippen MR) is 83.7 cm³/mol. The van der Waals surface area contributed by atoms with Gasteiger partial charge >= 0.3 is 0 Å². The van der Waals surface area contributed by atoms with Crippen LogP contribution in [0.4, 0.5) is 5.69 Å². The van der Waals surface area contributed by atoms with Gasteiger partial charge in [0.15, 0.2) is 0 Å². The summed E-state index contributed by atoms with van der Waals surface area (Å²) in [5.74, 6) is 0.360. The van der Waals surface area contributed by atoms with Crippen molar-refractivity contribution in [3.8, 4) is 0 Å². The molecule has 1 aromatic carbocycles. The van der Waals surface area contributed by atoms with E-state index in [2.05, 4.69) is 10.2 Å². The number of benzene rings is 1. The summed E-state index contributed by atoms with van der Waals surface area (Å²) in [5.41, 5.74) is 6.10. The molecule has 0 aromatic heterocycles. The molecule has 1 aliphatic heterocycles. The van der Waals surface area contributed by atoms with Crippen molar-refractivity contribution < 1.29 is 4.79 Å². The van der Waals surface area contributed by atoms with Crippen LogP contribution in [0.25, 0.3) is 0 Å². The van der Waals surface area contributed by atoms with Crippen molar-refractivity contribution in [2.45, 2.75) is 6.42 Å². The maximum atomic E-state index is 12.0. The number of anilines is 1. The fourth-order valence-corrected chi connectivity index (χ4v) is 2.85. The monoisotopic (exact) mass is 335 g/mol. The van der Waals surface area contributed by atoms with E-state index < -0.39 is 0 Å². The van der Waals surface area contributed by atoms with E-state index in [1.165, 1.54) is 6.07 Å². The van der Waals surface area contributed by atoms with Gasteiger partial charge in [-0.25, -0.2) is 0 Å². The number of nitrogens with two attached hydrogens (primary N) is 1. The molecule has 1 atom stereocenters. The number of nitrogens with one attached hydrogen (secondary N) is 1. The lowest BCUT2D eigenvalue weighted by atomic mass is 10.1. The normalized spacial score (nSPS) is 19.3. The molecular formula is C13H16Cl3N3O. The minimum atomic E-state index is -0.122. The van der Waals surface area contributed by atoms with Crippen LogP contribution in [0.15, 0.2) is 12.1 Å². The predicted octanol–water partition coefficient (Wildman–Crippen LogP) is 2.87. The molecule has 4 nitrogen and oxygen atoms in total. The van der Waals surface area contributed by atoms with Crippen LogP contribution in [-0.2, 0) is 4.79 Å². The first kappa shape index (κ1) is 15.9. The van der Waals surface area contributed by atoms with Crippen molar-refractivity contribution in [2.75, 3.05) is 31.5 Å². The average molecular weight is 337 g/mol. The molecule has 0 spiro atoms. The lowest BCUT2D eigenvalue weighted by molar-refractivity contribution is -0.117. The quantitative estimate of drug-likeness (QED) is 0.831. The third-order valence-electron chi connectivity index (χ3n) is 3.35. The van der Waals surface area contributed by atoms with Crippen molar-refractivity contribution in [2.24, 2.45) is 11.7 Å². The Kier molecular flexibility index (Phi) is 5.52. The van der Waals surface area contributed by atoms with Crippen LogP contribution in [0.5, 0.6) is 0 Å². The minimum Gasteiger partial charge on any atom is -0.330 e. The number of hydrogen-bond donors (Lipinski definition) is 2. The largest absolute Gasteiger partial charge is 0.330 e. The molecule has 3 N–H and O–H groups in total. The summed E-state index contributed by atoms with van der Waals surface area (Å²) in [6.45, 7) is 2.74. The van der Waals surface area contributed by atoms with Crippen LogP contribution in [-0.4, -0.2) is 37.0 Å². The lowest BCUT2D eigenvalue weighted by Crippen LogP contribution is -2.32. The number of rotatable bonds is 4. The van der Waals surface area contributed by atoms with Gasteiger partial charge in [0.05, 0.1) is 27.3 Å². The van der Waals surface area contributed by atoms with Gasteiger partial charge in [-0.2, -0.15) is 0 Å². The third-order valence-corrected chi connectivity index (χ3v) is 4.39. The summed E-state index contributed by atoms with van der Waals surface area (Å²) in [6.07, 6.45) is 1.04. The zero-order valence-electron chi connectivity index (χ0n) is 10.8. The van der Waals surface area contributed by atoms with E-state index in [1.807, 2.05) is 0 Å². The SMILES string of the molecule is NC[C@H]1CCN(CC(=O)Nc2cc(Cl)c(Cl)cc2Cl)C1. The molecule has 1 heterocycles. The molecule has 1 aliphatic rings. The molecular weight excluding hydrogens is 321 g/mol. The van der Waals surface area contributed by atoms with Gasteiger partial charge in [0.25, 0.3) is 0 Å². The Morgan fingerprint density at radius 2 is 2.00 bits per heavy atom. The maximum absolute atomic E-state index is 12.0. The van der Waals surface area contributed by atoms with Crippen molar-refractivity contribution in [1.82, 2.24) is 4.90 Å². The summed E-state index contributed by atoms with van der Waals surface area (Å²) in [6, 6.07) is 3.07. The standard InChI is InChI=1S/C13H16Cl3N3O/c14-9-3-11(16)12(4-10(9)15)18-13(20)7-19-2-1-8(5-17)6-19/h3-4,8H,1-2,5-7,17H2,(H,18,20)/t8-/m1/s1. The molecule has 2 rings (SSSR count). The second-order valence-electron chi connectivity index (χ2n) is 4.92. The van der Waals surface area contributed by atoms with E-state index >= 15 is 0 Å². The summed E-state index contributed by atoms with van der Waals surface area (Å²) in [4.78, 5) is 14.1. The molecule has 1 saturated heterocycles. The molecule has 0 saturated carbocycles. The van der Waals surface area contributed by atoms with Crippen LogP contribution in [0.1, 0.15) is 6.42 Å². The van der Waals surface area contributed by atoms with Gasteiger partial charge in [-0.1, -0.05) is 34.8 Å². The van der Waals surface area contributed by atoms with Crippen LogP contribution in [0, 0.1) is 5.92 Å². The van der Waals surface area contributed by atoms with Gasteiger partial charge in [0.1, 0.15) is 0 Å². The summed E-state index contributed by atoms with van der Waals surface area (Å²) in [7, 11) is 0. The zero-order valence-corrected chi connectivity index (χ0v) is 13.1. The Morgan fingerprint density at radius 3 is 2.65 bits per heavy atom. The molecule has 0 bridgehead atoms. The molecule has 110 valence electrons. The van der Waals surface area contributed by atoms with Crippen LogP contribution < -0.4 is 11.1 Å². The fourth-order valence-electron chi connectivity index (χ4n) is 2.26. The molecule has 1 fully saturated rings. The van der Waals surface area contributed by atoms with Gasteiger partial charge in [-0.15, -0.1) is 0 Å². The molecule has 20 heavy (non-hydrogen) atoms. The molecule has 0 unspecified atom stereocenters. The minimum absolute atomic E-state index is 0.122. The highest BCUT2D eigenvalue weighted by molar-refractivity contribution is 6.44. The molecule has 1 aromatic rings. The zero-order chi connectivity index (χ0) is 14.7. The first-order valence-corrected chi connectivity index (χ1v) is 7.49. The van der Waals surface area contributed by atoms with Gasteiger partial charge in [0, 0.05) is 6.54 Å². The number of nitrogens with zero attached hydrogens (tertiary/aromatic N) is 1. The van der Waals surface area contributed by atoms with Crippen LogP contribution in [0.2, 0.25) is 15.1 Å². The van der Waals surface area contributed by atoms with Crippen molar-refractivity contribution in [1.29, 1.82) is 0 Å². The molecule has 1 amide bonds. The number of carbonyl (C=O) groups excluding carboxylic acids is 1. The Bertz CT molecular complexity index is 510. The smallest absolute Gasteiger partial charge is 0.238 e. The fraction of sp³-hybridized carbons (Fsp3) is 0.462. The first-order chi connectivity index (χ1) is 9.49. The van der Waals surface area contributed by atoms with E-state index in [0.717, 1.165) is 19.5 Å². The number of amides is 1. The van der Waals surface area contributed by atoms with Crippen LogP contribution >= 0.6 is 34.8 Å².